The maximum Gasteiger partial charge on any atom is 0.320 e. The third kappa shape index (κ3) is 3.91. The molecular weight excluding hydrogens is 272 g/mol. The fourth-order valence-electron chi connectivity index (χ4n) is 2.72. The van der Waals surface area contributed by atoms with Crippen molar-refractivity contribution in [2.75, 3.05) is 11.1 Å². The lowest BCUT2D eigenvalue weighted by molar-refractivity contribution is 0.244. The maximum absolute atomic E-state index is 12.1. The number of aromatic nitrogens is 2. The molecule has 0 aromatic carbocycles. The monoisotopic (exact) mass is 296 g/mol. The molecule has 1 heterocycles. The van der Waals surface area contributed by atoms with Crippen LogP contribution in [0.25, 0.3) is 0 Å². The van der Waals surface area contributed by atoms with Crippen LogP contribution in [0.1, 0.15) is 38.3 Å². The summed E-state index contributed by atoms with van der Waals surface area (Å²) in [6, 6.07) is 2.03. The summed E-state index contributed by atoms with van der Waals surface area (Å²) >= 11 is 1.96. The Morgan fingerprint density at radius 1 is 1.50 bits per heavy atom. The van der Waals surface area contributed by atoms with E-state index >= 15 is 0 Å². The van der Waals surface area contributed by atoms with Crippen LogP contribution in [0, 0.1) is 6.92 Å². The van der Waals surface area contributed by atoms with Gasteiger partial charge in [-0.05, 0) is 25.5 Å². The third-order valence-electron chi connectivity index (χ3n) is 3.64. The van der Waals surface area contributed by atoms with Gasteiger partial charge in [-0.15, -0.1) is 0 Å². The number of aryl methyl sites for hydroxylation is 2. The van der Waals surface area contributed by atoms with Crippen LogP contribution in [0.5, 0.6) is 0 Å². The topological polar surface area (TPSA) is 59.0 Å². The van der Waals surface area contributed by atoms with Gasteiger partial charge in [-0.3, -0.25) is 10.00 Å². The van der Waals surface area contributed by atoms with Gasteiger partial charge in [-0.2, -0.15) is 16.9 Å². The molecular formula is C14H24N4OS. The summed E-state index contributed by atoms with van der Waals surface area (Å²) in [7, 11) is 1.83. The molecule has 0 spiro atoms. The second kappa shape index (κ2) is 7.02. The number of thioether (sulfide) groups is 1. The van der Waals surface area contributed by atoms with Crippen LogP contribution >= 0.6 is 11.8 Å². The van der Waals surface area contributed by atoms with Crippen molar-refractivity contribution in [1.82, 2.24) is 15.1 Å². The molecule has 0 bridgehead atoms. The molecule has 6 heteroatoms. The number of anilines is 1. The highest BCUT2D eigenvalue weighted by Gasteiger charge is 2.26. The Hall–Kier alpha value is -1.17. The molecule has 20 heavy (non-hydrogen) atoms. The molecule has 1 saturated carbocycles. The van der Waals surface area contributed by atoms with Crippen molar-refractivity contribution in [3.8, 4) is 0 Å². The van der Waals surface area contributed by atoms with Gasteiger partial charge in [0.2, 0.25) is 0 Å². The van der Waals surface area contributed by atoms with Gasteiger partial charge in [0.25, 0.3) is 0 Å². The van der Waals surface area contributed by atoms with Crippen LogP contribution in [0.15, 0.2) is 6.07 Å². The molecule has 1 aromatic rings. The molecule has 1 aliphatic rings. The Kier molecular flexibility index (Phi) is 5.34. The van der Waals surface area contributed by atoms with Gasteiger partial charge >= 0.3 is 6.03 Å². The number of hydrogen-bond donors (Lipinski definition) is 2. The van der Waals surface area contributed by atoms with Crippen LogP contribution < -0.4 is 10.6 Å². The third-order valence-corrected chi connectivity index (χ3v) is 4.97. The van der Waals surface area contributed by atoms with Crippen molar-refractivity contribution in [3.05, 3.63) is 11.8 Å². The number of carbonyl (C=O) groups excluding carboxylic acids is 1. The molecule has 1 aliphatic carbocycles. The lowest BCUT2D eigenvalue weighted by Gasteiger charge is -2.31. The van der Waals surface area contributed by atoms with E-state index in [2.05, 4.69) is 22.7 Å². The van der Waals surface area contributed by atoms with Crippen molar-refractivity contribution >= 4 is 23.6 Å². The molecule has 112 valence electrons. The Labute approximate surface area is 124 Å². The van der Waals surface area contributed by atoms with E-state index in [1.807, 2.05) is 31.8 Å². The summed E-state index contributed by atoms with van der Waals surface area (Å²) in [6.07, 6.45) is 4.76. The largest absolute Gasteiger partial charge is 0.334 e. The first kappa shape index (κ1) is 15.2. The SMILES string of the molecule is CCS[C@H]1CCCC[C@@H]1NC(=O)Nc1cc(C)nn1C. The van der Waals surface area contributed by atoms with E-state index in [-0.39, 0.29) is 12.1 Å². The van der Waals surface area contributed by atoms with Gasteiger partial charge in [0.1, 0.15) is 5.82 Å². The van der Waals surface area contributed by atoms with E-state index in [1.54, 1.807) is 4.68 Å². The molecule has 2 atom stereocenters. The van der Waals surface area contributed by atoms with E-state index in [1.165, 1.54) is 19.3 Å². The van der Waals surface area contributed by atoms with E-state index in [0.717, 1.165) is 23.7 Å². The summed E-state index contributed by atoms with van der Waals surface area (Å²) < 4.78 is 1.69. The summed E-state index contributed by atoms with van der Waals surface area (Å²) in [5.41, 5.74) is 0.903. The van der Waals surface area contributed by atoms with E-state index < -0.39 is 0 Å². The van der Waals surface area contributed by atoms with Crippen molar-refractivity contribution in [2.24, 2.45) is 7.05 Å². The van der Waals surface area contributed by atoms with Gasteiger partial charge in [-0.25, -0.2) is 4.79 Å². The number of rotatable bonds is 4. The molecule has 0 radical (unpaired) electrons. The molecule has 1 fully saturated rings. The predicted molar refractivity (Wildman–Crippen MR) is 84.3 cm³/mol. The highest BCUT2D eigenvalue weighted by molar-refractivity contribution is 7.99. The number of amides is 2. The fourth-order valence-corrected chi connectivity index (χ4v) is 3.92. The summed E-state index contributed by atoms with van der Waals surface area (Å²) in [5.74, 6) is 1.83. The zero-order valence-corrected chi connectivity index (χ0v) is 13.3. The molecule has 0 unspecified atom stereocenters. The van der Waals surface area contributed by atoms with Gasteiger partial charge in [0.05, 0.1) is 5.69 Å². The molecule has 1 aromatic heterocycles. The molecule has 2 amide bonds. The molecule has 5 nitrogen and oxygen atoms in total. The summed E-state index contributed by atoms with van der Waals surface area (Å²) in [6.45, 7) is 4.09. The quantitative estimate of drug-likeness (QED) is 0.898. The second-order valence-electron chi connectivity index (χ2n) is 5.28. The number of nitrogens with one attached hydrogen (secondary N) is 2. The zero-order valence-electron chi connectivity index (χ0n) is 12.5. The van der Waals surface area contributed by atoms with Crippen LogP contribution in [-0.4, -0.2) is 32.9 Å². The lowest BCUT2D eigenvalue weighted by Crippen LogP contribution is -2.45. The van der Waals surface area contributed by atoms with Gasteiger partial charge in [-0.1, -0.05) is 19.8 Å². The zero-order chi connectivity index (χ0) is 14.5. The molecule has 2 N–H and O–H groups in total. The minimum atomic E-state index is -0.124. The molecule has 0 aliphatic heterocycles. The van der Waals surface area contributed by atoms with Crippen LogP contribution in [0.4, 0.5) is 10.6 Å². The van der Waals surface area contributed by atoms with Crippen molar-refractivity contribution < 1.29 is 4.79 Å². The Morgan fingerprint density at radius 2 is 2.25 bits per heavy atom. The fraction of sp³-hybridized carbons (Fsp3) is 0.714. The van der Waals surface area contributed by atoms with E-state index in [0.29, 0.717) is 5.25 Å². The highest BCUT2D eigenvalue weighted by Crippen LogP contribution is 2.28. The van der Waals surface area contributed by atoms with Crippen LogP contribution in [-0.2, 0) is 7.05 Å². The first-order chi connectivity index (χ1) is 9.60. The smallest absolute Gasteiger partial charge is 0.320 e. The van der Waals surface area contributed by atoms with Crippen molar-refractivity contribution in [1.29, 1.82) is 0 Å². The first-order valence-electron chi connectivity index (χ1n) is 7.30. The van der Waals surface area contributed by atoms with Crippen molar-refractivity contribution in [2.45, 2.75) is 50.8 Å². The van der Waals surface area contributed by atoms with Gasteiger partial charge in [0, 0.05) is 24.4 Å². The van der Waals surface area contributed by atoms with Gasteiger partial charge in [0.15, 0.2) is 0 Å². The lowest BCUT2D eigenvalue weighted by atomic mass is 9.95. The minimum absolute atomic E-state index is 0.124. The standard InChI is InChI=1S/C14H24N4OS/c1-4-20-12-8-6-5-7-11(12)15-14(19)16-13-9-10(2)17-18(13)3/h9,11-12H,4-8H2,1-3H3,(H2,15,16,19)/t11-,12-/m0/s1. The number of urea groups is 1. The number of nitrogens with zero attached hydrogens (tertiary/aromatic N) is 2. The summed E-state index contributed by atoms with van der Waals surface area (Å²) in [4.78, 5) is 12.1. The number of carbonyl (C=O) groups is 1. The van der Waals surface area contributed by atoms with Crippen LogP contribution in [0.2, 0.25) is 0 Å². The number of hydrogen-bond acceptors (Lipinski definition) is 3. The Balaban J connectivity index is 1.91. The second-order valence-corrected chi connectivity index (χ2v) is 6.79. The van der Waals surface area contributed by atoms with Crippen molar-refractivity contribution in [3.63, 3.8) is 0 Å². The Bertz CT molecular complexity index is 458. The average Bonchev–Trinajstić information content (AvgIpc) is 2.70. The minimum Gasteiger partial charge on any atom is -0.334 e. The molecule has 0 saturated heterocycles. The molecule has 2 rings (SSSR count). The Morgan fingerprint density at radius 3 is 2.90 bits per heavy atom. The average molecular weight is 296 g/mol. The summed E-state index contributed by atoms with van der Waals surface area (Å²) in [5, 5.41) is 10.8. The normalized spacial score (nSPS) is 22.6. The van der Waals surface area contributed by atoms with E-state index in [4.69, 9.17) is 0 Å². The maximum atomic E-state index is 12.1. The first-order valence-corrected chi connectivity index (χ1v) is 8.34. The van der Waals surface area contributed by atoms with Crippen LogP contribution in [0.3, 0.4) is 0 Å². The van der Waals surface area contributed by atoms with Gasteiger partial charge < -0.3 is 5.32 Å². The van der Waals surface area contributed by atoms with E-state index in [9.17, 15) is 4.79 Å². The highest BCUT2D eigenvalue weighted by atomic mass is 32.2. The predicted octanol–water partition coefficient (Wildman–Crippen LogP) is 2.91.